The number of amides is 1. The van der Waals surface area contributed by atoms with Crippen molar-refractivity contribution in [1.29, 1.82) is 0 Å². The molecular weight excluding hydrogens is 510 g/mol. The van der Waals surface area contributed by atoms with Crippen molar-refractivity contribution in [2.24, 2.45) is 0 Å². The SMILES string of the molecule is CC/C=C/CC/C=C/CC/C=C/C(O)C(CO)NC(=O)C(O)CCCCCC/C=C\CCCCCCCCCCC. The van der Waals surface area contributed by atoms with Crippen LogP contribution in [0, 0.1) is 0 Å². The second kappa shape index (κ2) is 31.3. The van der Waals surface area contributed by atoms with Crippen LogP contribution in [0.15, 0.2) is 48.6 Å². The van der Waals surface area contributed by atoms with Gasteiger partial charge in [-0.25, -0.2) is 0 Å². The highest BCUT2D eigenvalue weighted by molar-refractivity contribution is 5.80. The molecule has 0 radical (unpaired) electrons. The Kier molecular flexibility index (Phi) is 30.0. The zero-order chi connectivity index (χ0) is 30.2. The average molecular weight is 576 g/mol. The van der Waals surface area contributed by atoms with Crippen LogP contribution in [-0.4, -0.2) is 46.1 Å². The number of nitrogens with one attached hydrogen (secondary N) is 1. The Balaban J connectivity index is 3.82. The summed E-state index contributed by atoms with van der Waals surface area (Å²) in [7, 11) is 0. The number of carbonyl (C=O) groups is 1. The summed E-state index contributed by atoms with van der Waals surface area (Å²) in [5.41, 5.74) is 0. The lowest BCUT2D eigenvalue weighted by Crippen LogP contribution is -2.48. The summed E-state index contributed by atoms with van der Waals surface area (Å²) in [6.07, 6.45) is 38.4. The first-order valence-corrected chi connectivity index (χ1v) is 17.0. The molecule has 4 N–H and O–H groups in total. The van der Waals surface area contributed by atoms with E-state index in [0.717, 1.165) is 64.2 Å². The quantitative estimate of drug-likeness (QED) is 0.0531. The fraction of sp³-hybridized carbons (Fsp3) is 0.750. The fourth-order valence-electron chi connectivity index (χ4n) is 4.69. The molecule has 5 heteroatoms. The molecule has 3 unspecified atom stereocenters. The van der Waals surface area contributed by atoms with Gasteiger partial charge in [0.15, 0.2) is 0 Å². The summed E-state index contributed by atoms with van der Waals surface area (Å²) in [5.74, 6) is -0.531. The van der Waals surface area contributed by atoms with Gasteiger partial charge in [-0.15, -0.1) is 0 Å². The Hall–Kier alpha value is -1.69. The average Bonchev–Trinajstić information content (AvgIpc) is 2.98. The second-order valence-corrected chi connectivity index (χ2v) is 11.3. The highest BCUT2D eigenvalue weighted by atomic mass is 16.3. The molecule has 0 saturated carbocycles. The minimum Gasteiger partial charge on any atom is -0.394 e. The Labute approximate surface area is 253 Å². The molecule has 0 spiro atoms. The van der Waals surface area contributed by atoms with Gasteiger partial charge in [-0.2, -0.15) is 0 Å². The zero-order valence-corrected chi connectivity index (χ0v) is 26.7. The lowest BCUT2D eigenvalue weighted by molar-refractivity contribution is -0.131. The molecule has 0 saturated heterocycles. The van der Waals surface area contributed by atoms with Crippen molar-refractivity contribution in [3.8, 4) is 0 Å². The highest BCUT2D eigenvalue weighted by Crippen LogP contribution is 2.12. The van der Waals surface area contributed by atoms with E-state index in [0.29, 0.717) is 6.42 Å². The van der Waals surface area contributed by atoms with Crippen LogP contribution in [0.1, 0.15) is 149 Å². The van der Waals surface area contributed by atoms with Gasteiger partial charge in [0.05, 0.1) is 18.8 Å². The lowest BCUT2D eigenvalue weighted by atomic mass is 10.1. The molecule has 0 aliphatic rings. The molecule has 5 nitrogen and oxygen atoms in total. The third-order valence-electron chi connectivity index (χ3n) is 7.38. The van der Waals surface area contributed by atoms with E-state index in [1.165, 1.54) is 64.2 Å². The number of hydrogen-bond acceptors (Lipinski definition) is 4. The number of hydrogen-bond donors (Lipinski definition) is 4. The Morgan fingerprint density at radius 2 is 1.07 bits per heavy atom. The van der Waals surface area contributed by atoms with Crippen molar-refractivity contribution >= 4 is 5.91 Å². The van der Waals surface area contributed by atoms with E-state index in [1.807, 2.05) is 6.08 Å². The molecule has 0 bridgehead atoms. The van der Waals surface area contributed by atoms with E-state index < -0.39 is 24.2 Å². The first-order chi connectivity index (χ1) is 20.1. The van der Waals surface area contributed by atoms with Crippen molar-refractivity contribution in [3.05, 3.63) is 48.6 Å². The van der Waals surface area contributed by atoms with Gasteiger partial charge in [0.2, 0.25) is 5.91 Å². The topological polar surface area (TPSA) is 89.8 Å². The van der Waals surface area contributed by atoms with E-state index in [9.17, 15) is 20.1 Å². The number of allylic oxidation sites excluding steroid dienone is 7. The molecular formula is C36H65NO4. The summed E-state index contributed by atoms with van der Waals surface area (Å²) >= 11 is 0. The van der Waals surface area contributed by atoms with Gasteiger partial charge in [0, 0.05) is 0 Å². The van der Waals surface area contributed by atoms with E-state index in [2.05, 4.69) is 55.6 Å². The number of unbranched alkanes of at least 4 members (excludes halogenated alkanes) is 15. The van der Waals surface area contributed by atoms with Crippen molar-refractivity contribution in [3.63, 3.8) is 0 Å². The number of rotatable bonds is 29. The minimum atomic E-state index is -1.12. The van der Waals surface area contributed by atoms with E-state index in [1.54, 1.807) is 6.08 Å². The van der Waals surface area contributed by atoms with Gasteiger partial charge < -0.3 is 20.6 Å². The summed E-state index contributed by atoms with van der Waals surface area (Å²) in [6, 6.07) is -0.823. The summed E-state index contributed by atoms with van der Waals surface area (Å²) < 4.78 is 0. The maximum Gasteiger partial charge on any atom is 0.249 e. The highest BCUT2D eigenvalue weighted by Gasteiger charge is 2.22. The number of aliphatic hydroxyl groups excluding tert-OH is 3. The first kappa shape index (κ1) is 39.3. The Bertz CT molecular complexity index is 685. The van der Waals surface area contributed by atoms with E-state index in [4.69, 9.17) is 0 Å². The number of carbonyl (C=O) groups excluding carboxylic acids is 1. The van der Waals surface area contributed by atoms with Crippen LogP contribution in [-0.2, 0) is 4.79 Å². The van der Waals surface area contributed by atoms with Crippen LogP contribution in [0.4, 0.5) is 0 Å². The summed E-state index contributed by atoms with van der Waals surface area (Å²) in [4.78, 5) is 12.3. The molecule has 3 atom stereocenters. The Morgan fingerprint density at radius 1 is 0.610 bits per heavy atom. The predicted molar refractivity (Wildman–Crippen MR) is 176 cm³/mol. The summed E-state index contributed by atoms with van der Waals surface area (Å²) in [6.45, 7) is 4.01. The standard InChI is InChI=1S/C36H65NO4/c1-3-5-7-9-11-13-15-16-17-18-19-20-21-23-25-27-29-31-35(40)36(41)37-33(32-38)34(39)30-28-26-24-22-14-12-10-8-6-4-2/h6,8,14,19-20,22,28,30,33-35,38-40H,3-5,7,9-13,15-18,21,23-27,29,31-32H2,1-2H3,(H,37,41)/b8-6+,20-19-,22-14+,30-28+. The summed E-state index contributed by atoms with van der Waals surface area (Å²) in [5, 5.41) is 32.7. The molecule has 0 aromatic rings. The van der Waals surface area contributed by atoms with Crippen molar-refractivity contribution in [1.82, 2.24) is 5.32 Å². The second-order valence-electron chi connectivity index (χ2n) is 11.3. The molecule has 41 heavy (non-hydrogen) atoms. The van der Waals surface area contributed by atoms with Crippen LogP contribution in [0.3, 0.4) is 0 Å². The molecule has 0 aliphatic carbocycles. The van der Waals surface area contributed by atoms with Crippen LogP contribution in [0.2, 0.25) is 0 Å². The molecule has 0 rings (SSSR count). The van der Waals surface area contributed by atoms with Gasteiger partial charge in [-0.1, -0.05) is 133 Å². The van der Waals surface area contributed by atoms with Crippen LogP contribution in [0.5, 0.6) is 0 Å². The smallest absolute Gasteiger partial charge is 0.249 e. The van der Waals surface area contributed by atoms with Gasteiger partial charge in [-0.3, -0.25) is 4.79 Å². The van der Waals surface area contributed by atoms with Crippen molar-refractivity contribution < 1.29 is 20.1 Å². The maximum atomic E-state index is 12.3. The third-order valence-corrected chi connectivity index (χ3v) is 7.38. The van der Waals surface area contributed by atoms with E-state index >= 15 is 0 Å². The molecule has 0 aromatic heterocycles. The number of aliphatic hydroxyl groups is 3. The molecule has 1 amide bonds. The normalized spacial score (nSPS) is 14.6. The largest absolute Gasteiger partial charge is 0.394 e. The van der Waals surface area contributed by atoms with Crippen LogP contribution in [0.25, 0.3) is 0 Å². The Morgan fingerprint density at radius 3 is 1.61 bits per heavy atom. The third kappa shape index (κ3) is 26.9. The zero-order valence-electron chi connectivity index (χ0n) is 26.7. The molecule has 0 aromatic carbocycles. The van der Waals surface area contributed by atoms with E-state index in [-0.39, 0.29) is 6.61 Å². The lowest BCUT2D eigenvalue weighted by Gasteiger charge is -2.21. The van der Waals surface area contributed by atoms with Gasteiger partial charge in [0.1, 0.15) is 6.10 Å². The molecule has 0 fully saturated rings. The van der Waals surface area contributed by atoms with Crippen LogP contribution < -0.4 is 5.32 Å². The van der Waals surface area contributed by atoms with Gasteiger partial charge in [0.25, 0.3) is 0 Å². The maximum absolute atomic E-state index is 12.3. The minimum absolute atomic E-state index is 0.387. The van der Waals surface area contributed by atoms with Gasteiger partial charge >= 0.3 is 0 Å². The van der Waals surface area contributed by atoms with Crippen molar-refractivity contribution in [2.75, 3.05) is 6.61 Å². The monoisotopic (exact) mass is 575 g/mol. The molecule has 0 heterocycles. The van der Waals surface area contributed by atoms with Crippen LogP contribution >= 0.6 is 0 Å². The predicted octanol–water partition coefficient (Wildman–Crippen LogP) is 8.64. The molecule has 0 aliphatic heterocycles. The van der Waals surface area contributed by atoms with Gasteiger partial charge in [-0.05, 0) is 64.2 Å². The van der Waals surface area contributed by atoms with Crippen molar-refractivity contribution in [2.45, 2.75) is 167 Å². The molecule has 238 valence electrons. The first-order valence-electron chi connectivity index (χ1n) is 17.0. The fourth-order valence-corrected chi connectivity index (χ4v) is 4.69.